The lowest BCUT2D eigenvalue weighted by molar-refractivity contribution is -0.145. The second-order valence-corrected chi connectivity index (χ2v) is 4.80. The third-order valence-electron chi connectivity index (χ3n) is 3.36. The summed E-state index contributed by atoms with van der Waals surface area (Å²) in [6.07, 6.45) is 1.78. The van der Waals surface area contributed by atoms with Gasteiger partial charge in [-0.2, -0.15) is 0 Å². The van der Waals surface area contributed by atoms with E-state index in [0.717, 1.165) is 29.7 Å². The summed E-state index contributed by atoms with van der Waals surface area (Å²) >= 11 is 0. The Bertz CT molecular complexity index is 525. The largest absolute Gasteiger partial charge is 0.490 e. The van der Waals surface area contributed by atoms with E-state index in [2.05, 4.69) is 5.16 Å². The van der Waals surface area contributed by atoms with E-state index in [-0.39, 0.29) is 18.5 Å². The van der Waals surface area contributed by atoms with E-state index >= 15 is 0 Å². The molecule has 1 N–H and O–H groups in total. The molecule has 2 rings (SSSR count). The van der Waals surface area contributed by atoms with Crippen LogP contribution in [0.15, 0.2) is 23.4 Å². The van der Waals surface area contributed by atoms with Gasteiger partial charge >= 0.3 is 5.97 Å². The summed E-state index contributed by atoms with van der Waals surface area (Å²) in [5.41, 5.74) is 2.52. The second-order valence-electron chi connectivity index (χ2n) is 4.80. The molecule has 5 nitrogen and oxygen atoms in total. The van der Waals surface area contributed by atoms with Crippen LogP contribution in [0.25, 0.3) is 0 Å². The number of hydrogen-bond donors (Lipinski definition) is 1. The molecule has 0 bridgehead atoms. The predicted molar refractivity (Wildman–Crippen MR) is 74.4 cm³/mol. The third kappa shape index (κ3) is 3.29. The van der Waals surface area contributed by atoms with Crippen LogP contribution in [0.1, 0.15) is 37.8 Å². The Balaban J connectivity index is 2.06. The first-order valence-corrected chi connectivity index (χ1v) is 6.78. The van der Waals surface area contributed by atoms with Crippen LogP contribution in [0.3, 0.4) is 0 Å². The highest BCUT2D eigenvalue weighted by Gasteiger charge is 2.23. The van der Waals surface area contributed by atoms with Gasteiger partial charge in [-0.05, 0) is 56.0 Å². The molecule has 0 saturated heterocycles. The Labute approximate surface area is 118 Å². The molecular formula is C15H19NO4. The van der Waals surface area contributed by atoms with Crippen molar-refractivity contribution in [3.63, 3.8) is 0 Å². The average Bonchev–Trinajstić information content (AvgIpc) is 2.46. The number of nitrogens with zero attached hydrogens (tertiary/aromatic N) is 1. The van der Waals surface area contributed by atoms with Crippen LogP contribution < -0.4 is 4.74 Å². The van der Waals surface area contributed by atoms with Gasteiger partial charge in [0.15, 0.2) is 0 Å². The average molecular weight is 277 g/mol. The van der Waals surface area contributed by atoms with Crippen molar-refractivity contribution in [2.45, 2.75) is 39.2 Å². The van der Waals surface area contributed by atoms with Gasteiger partial charge in [0.05, 0.1) is 18.7 Å². The van der Waals surface area contributed by atoms with Crippen LogP contribution in [0.5, 0.6) is 5.75 Å². The monoisotopic (exact) mass is 277 g/mol. The van der Waals surface area contributed by atoms with E-state index in [1.54, 1.807) is 13.8 Å². The van der Waals surface area contributed by atoms with Gasteiger partial charge in [-0.25, -0.2) is 0 Å². The highest BCUT2D eigenvalue weighted by atomic mass is 16.5. The van der Waals surface area contributed by atoms with Crippen LogP contribution in [-0.4, -0.2) is 29.6 Å². The zero-order chi connectivity index (χ0) is 14.5. The molecule has 1 heterocycles. The van der Waals surface area contributed by atoms with Crippen LogP contribution in [0, 0.1) is 0 Å². The molecule has 5 heteroatoms. The van der Waals surface area contributed by atoms with Gasteiger partial charge in [0, 0.05) is 0 Å². The molecule has 1 aromatic carbocycles. The van der Waals surface area contributed by atoms with Crippen molar-refractivity contribution in [3.8, 4) is 5.75 Å². The molecule has 1 aromatic rings. The summed E-state index contributed by atoms with van der Waals surface area (Å²) in [6.45, 7) is 3.93. The van der Waals surface area contributed by atoms with Crippen LogP contribution in [0.2, 0.25) is 0 Å². The molecule has 0 fully saturated rings. The van der Waals surface area contributed by atoms with Crippen molar-refractivity contribution < 1.29 is 19.5 Å². The molecule has 108 valence electrons. The standard InChI is InChI=1S/C15H19NO4/c1-3-19-15(17)9-13-6-4-12-8-11(10(2)16-18)5-7-14(12)20-13/h5,7-8,13,18H,3-4,6,9H2,1-2H3/b16-10+/t13-/m1/s1. The van der Waals surface area contributed by atoms with Crippen LogP contribution in [-0.2, 0) is 16.0 Å². The first-order chi connectivity index (χ1) is 9.63. The van der Waals surface area contributed by atoms with Crippen molar-refractivity contribution in [3.05, 3.63) is 29.3 Å². The Morgan fingerprint density at radius 3 is 3.05 bits per heavy atom. The lowest BCUT2D eigenvalue weighted by Gasteiger charge is -2.25. The molecule has 0 radical (unpaired) electrons. The molecule has 0 spiro atoms. The van der Waals surface area contributed by atoms with E-state index in [1.807, 2.05) is 18.2 Å². The summed E-state index contributed by atoms with van der Waals surface area (Å²) < 4.78 is 10.7. The fourth-order valence-electron chi connectivity index (χ4n) is 2.28. The van der Waals surface area contributed by atoms with Crippen molar-refractivity contribution in [2.24, 2.45) is 5.16 Å². The maximum absolute atomic E-state index is 11.5. The Morgan fingerprint density at radius 1 is 1.55 bits per heavy atom. The normalized spacial score (nSPS) is 18.1. The number of hydrogen-bond acceptors (Lipinski definition) is 5. The van der Waals surface area contributed by atoms with Gasteiger partial charge in [0.25, 0.3) is 0 Å². The number of esters is 1. The van der Waals surface area contributed by atoms with Gasteiger partial charge in [0.2, 0.25) is 0 Å². The maximum atomic E-state index is 11.5. The molecule has 0 aromatic heterocycles. The summed E-state index contributed by atoms with van der Waals surface area (Å²) in [5.74, 6) is 0.570. The molecule has 1 atom stereocenters. The van der Waals surface area contributed by atoms with Gasteiger partial charge in [0.1, 0.15) is 11.9 Å². The van der Waals surface area contributed by atoms with E-state index < -0.39 is 0 Å². The summed E-state index contributed by atoms with van der Waals surface area (Å²) in [6, 6.07) is 5.67. The SMILES string of the molecule is CCOC(=O)C[C@H]1CCc2cc(/C(C)=N/O)ccc2O1. The van der Waals surface area contributed by atoms with Gasteiger partial charge in [-0.3, -0.25) is 4.79 Å². The first kappa shape index (κ1) is 14.4. The number of carbonyl (C=O) groups is 1. The highest BCUT2D eigenvalue weighted by molar-refractivity contribution is 5.98. The lowest BCUT2D eigenvalue weighted by Crippen LogP contribution is -2.26. The van der Waals surface area contributed by atoms with Crippen molar-refractivity contribution in [1.82, 2.24) is 0 Å². The van der Waals surface area contributed by atoms with Crippen molar-refractivity contribution >= 4 is 11.7 Å². The summed E-state index contributed by atoms with van der Waals surface area (Å²) in [7, 11) is 0. The van der Waals surface area contributed by atoms with E-state index in [4.69, 9.17) is 14.7 Å². The molecule has 0 aliphatic carbocycles. The first-order valence-electron chi connectivity index (χ1n) is 6.78. The minimum atomic E-state index is -0.221. The Kier molecular flexibility index (Phi) is 4.61. The number of ether oxygens (including phenoxy) is 2. The number of benzene rings is 1. The fourth-order valence-corrected chi connectivity index (χ4v) is 2.28. The van der Waals surface area contributed by atoms with Crippen LogP contribution >= 0.6 is 0 Å². The smallest absolute Gasteiger partial charge is 0.309 e. The fraction of sp³-hybridized carbons (Fsp3) is 0.467. The quantitative estimate of drug-likeness (QED) is 0.397. The molecule has 20 heavy (non-hydrogen) atoms. The van der Waals surface area contributed by atoms with Crippen molar-refractivity contribution in [2.75, 3.05) is 6.61 Å². The molecular weight excluding hydrogens is 258 g/mol. The molecule has 0 amide bonds. The number of rotatable bonds is 4. The maximum Gasteiger partial charge on any atom is 0.309 e. The molecule has 0 unspecified atom stereocenters. The molecule has 1 aliphatic rings. The number of oxime groups is 1. The van der Waals surface area contributed by atoms with E-state index in [0.29, 0.717) is 12.3 Å². The minimum absolute atomic E-state index is 0.125. The van der Waals surface area contributed by atoms with E-state index in [9.17, 15) is 4.79 Å². The molecule has 1 aliphatic heterocycles. The number of carbonyl (C=O) groups excluding carboxylic acids is 1. The predicted octanol–water partition coefficient (Wildman–Crippen LogP) is 2.53. The Morgan fingerprint density at radius 2 is 2.35 bits per heavy atom. The van der Waals surface area contributed by atoms with E-state index in [1.165, 1.54) is 0 Å². The second kappa shape index (κ2) is 6.41. The van der Waals surface area contributed by atoms with Crippen molar-refractivity contribution in [1.29, 1.82) is 0 Å². The lowest BCUT2D eigenvalue weighted by atomic mass is 9.97. The molecule has 0 saturated carbocycles. The van der Waals surface area contributed by atoms with Gasteiger partial charge < -0.3 is 14.7 Å². The minimum Gasteiger partial charge on any atom is -0.490 e. The van der Waals surface area contributed by atoms with Gasteiger partial charge in [-0.15, -0.1) is 0 Å². The summed E-state index contributed by atoms with van der Waals surface area (Å²) in [5, 5.41) is 12.0. The van der Waals surface area contributed by atoms with Crippen LogP contribution in [0.4, 0.5) is 0 Å². The number of aryl methyl sites for hydroxylation is 1. The zero-order valence-corrected chi connectivity index (χ0v) is 11.8. The summed E-state index contributed by atoms with van der Waals surface area (Å²) in [4.78, 5) is 11.5. The highest BCUT2D eigenvalue weighted by Crippen LogP contribution is 2.29. The zero-order valence-electron chi connectivity index (χ0n) is 11.8. The van der Waals surface area contributed by atoms with Gasteiger partial charge in [-0.1, -0.05) is 5.16 Å². The third-order valence-corrected chi connectivity index (χ3v) is 3.36. The Hall–Kier alpha value is -2.04. The topological polar surface area (TPSA) is 68.1 Å². The number of fused-ring (bicyclic) bond motifs is 1.